The number of aromatic carboxylic acids is 1. The van der Waals surface area contributed by atoms with Gasteiger partial charge in [-0.05, 0) is 23.6 Å². The summed E-state index contributed by atoms with van der Waals surface area (Å²) in [6.07, 6.45) is 0. The molecule has 1 N–H and O–H groups in total. The van der Waals surface area contributed by atoms with Gasteiger partial charge in [0, 0.05) is 10.3 Å². The minimum Gasteiger partial charge on any atom is -0.478 e. The van der Waals surface area contributed by atoms with Crippen molar-refractivity contribution in [3.8, 4) is 0 Å². The summed E-state index contributed by atoms with van der Waals surface area (Å²) in [6, 6.07) is 9.99. The molecule has 0 fully saturated rings. The minimum absolute atomic E-state index is 0.365. The van der Waals surface area contributed by atoms with Gasteiger partial charge in [-0.25, -0.2) is 4.79 Å². The van der Waals surface area contributed by atoms with Crippen LogP contribution in [0.5, 0.6) is 0 Å². The fraction of sp³-hybridized carbons (Fsp3) is 0.214. The van der Waals surface area contributed by atoms with Crippen LogP contribution in [0, 0.1) is 0 Å². The summed E-state index contributed by atoms with van der Waals surface area (Å²) in [7, 11) is 0. The van der Waals surface area contributed by atoms with Gasteiger partial charge in [0.2, 0.25) is 0 Å². The van der Waals surface area contributed by atoms with Crippen LogP contribution in [0.2, 0.25) is 0 Å². The zero-order valence-electron chi connectivity index (χ0n) is 10.2. The minimum atomic E-state index is -0.866. The van der Waals surface area contributed by atoms with Crippen molar-refractivity contribution in [1.29, 1.82) is 0 Å². The van der Waals surface area contributed by atoms with E-state index in [-0.39, 0.29) is 0 Å². The summed E-state index contributed by atoms with van der Waals surface area (Å²) in [5.74, 6) is -0.400. The smallest absolute Gasteiger partial charge is 0.336 e. The van der Waals surface area contributed by atoms with Gasteiger partial charge in [0.25, 0.3) is 0 Å². The van der Waals surface area contributed by atoms with Crippen molar-refractivity contribution in [3.63, 3.8) is 0 Å². The van der Waals surface area contributed by atoms with E-state index < -0.39 is 5.97 Å². The maximum Gasteiger partial charge on any atom is 0.336 e. The van der Waals surface area contributed by atoms with Crippen LogP contribution in [0.15, 0.2) is 44.8 Å². The Morgan fingerprint density at radius 2 is 2.06 bits per heavy atom. The van der Waals surface area contributed by atoms with Crippen molar-refractivity contribution in [3.05, 3.63) is 46.8 Å². The van der Waals surface area contributed by atoms with E-state index in [1.807, 2.05) is 12.1 Å². The summed E-state index contributed by atoms with van der Waals surface area (Å²) in [5.41, 5.74) is 1.66. The molecule has 18 heavy (non-hydrogen) atoms. The molecule has 94 valence electrons. The summed E-state index contributed by atoms with van der Waals surface area (Å²) in [5, 5.41) is 10.6. The molecule has 1 aromatic carbocycles. The number of carboxylic acids is 1. The topological polar surface area (TPSA) is 37.3 Å². The van der Waals surface area contributed by atoms with E-state index in [0.717, 1.165) is 4.21 Å². The van der Waals surface area contributed by atoms with Gasteiger partial charge in [0.15, 0.2) is 0 Å². The number of carboxylic acid groups (broad SMARTS) is 1. The van der Waals surface area contributed by atoms with Crippen molar-refractivity contribution in [1.82, 2.24) is 0 Å². The summed E-state index contributed by atoms with van der Waals surface area (Å²) < 4.78 is 1.01. The van der Waals surface area contributed by atoms with E-state index in [0.29, 0.717) is 11.5 Å². The second kappa shape index (κ2) is 5.59. The highest BCUT2D eigenvalue weighted by atomic mass is 32.2. The third-order valence-electron chi connectivity index (χ3n) is 2.57. The summed E-state index contributed by atoms with van der Waals surface area (Å²) >= 11 is 3.11. The first-order chi connectivity index (χ1) is 8.58. The molecule has 2 aromatic rings. The summed E-state index contributed by atoms with van der Waals surface area (Å²) in [6.45, 7) is 4.33. The maximum atomic E-state index is 10.8. The van der Waals surface area contributed by atoms with Crippen molar-refractivity contribution in [2.75, 3.05) is 0 Å². The lowest BCUT2D eigenvalue weighted by molar-refractivity contribution is 0.0697. The predicted molar refractivity (Wildman–Crippen MR) is 75.9 cm³/mol. The number of rotatable bonds is 4. The lowest BCUT2D eigenvalue weighted by Crippen LogP contribution is -1.91. The zero-order valence-corrected chi connectivity index (χ0v) is 11.8. The van der Waals surface area contributed by atoms with Crippen LogP contribution in [0.1, 0.15) is 35.7 Å². The Morgan fingerprint density at radius 3 is 2.67 bits per heavy atom. The SMILES string of the molecule is CC(C)c1ccccc1Sc1cc(C(=O)O)cs1. The number of carbonyl (C=O) groups is 1. The second-order valence-corrected chi connectivity index (χ2v) is 6.51. The van der Waals surface area contributed by atoms with E-state index in [1.54, 1.807) is 23.2 Å². The lowest BCUT2D eigenvalue weighted by Gasteiger charge is -2.10. The molecule has 4 heteroatoms. The van der Waals surface area contributed by atoms with Crippen LogP contribution in [-0.2, 0) is 0 Å². The van der Waals surface area contributed by atoms with Crippen LogP contribution in [0.3, 0.4) is 0 Å². The molecule has 0 saturated heterocycles. The maximum absolute atomic E-state index is 10.8. The fourth-order valence-corrected chi connectivity index (χ4v) is 3.83. The Hall–Kier alpha value is -1.26. The van der Waals surface area contributed by atoms with Crippen LogP contribution >= 0.6 is 23.1 Å². The largest absolute Gasteiger partial charge is 0.478 e. The molecule has 1 aromatic heterocycles. The molecular weight excluding hydrogens is 264 g/mol. The summed E-state index contributed by atoms with van der Waals surface area (Å²) in [4.78, 5) is 12.0. The van der Waals surface area contributed by atoms with Crippen molar-refractivity contribution in [2.24, 2.45) is 0 Å². The molecule has 0 aliphatic rings. The standard InChI is InChI=1S/C14H14O2S2/c1-9(2)11-5-3-4-6-12(11)18-13-7-10(8-17-13)14(15)16/h3-9H,1-2H3,(H,15,16). The third kappa shape index (κ3) is 2.94. The van der Waals surface area contributed by atoms with E-state index >= 15 is 0 Å². The third-order valence-corrected chi connectivity index (χ3v) is 4.75. The lowest BCUT2D eigenvalue weighted by atomic mass is 10.0. The van der Waals surface area contributed by atoms with Gasteiger partial charge >= 0.3 is 5.97 Å². The van der Waals surface area contributed by atoms with Gasteiger partial charge in [-0.2, -0.15) is 0 Å². The Bertz CT molecular complexity index is 558. The molecule has 1 heterocycles. The zero-order chi connectivity index (χ0) is 13.1. The van der Waals surface area contributed by atoms with Gasteiger partial charge in [-0.3, -0.25) is 0 Å². The van der Waals surface area contributed by atoms with Crippen LogP contribution in [0.4, 0.5) is 0 Å². The quantitative estimate of drug-likeness (QED) is 0.879. The number of hydrogen-bond donors (Lipinski definition) is 1. The normalized spacial score (nSPS) is 10.8. The Morgan fingerprint density at radius 1 is 1.33 bits per heavy atom. The molecule has 0 aliphatic heterocycles. The highest BCUT2D eigenvalue weighted by molar-refractivity contribution is 8.01. The van der Waals surface area contributed by atoms with Crippen molar-refractivity contribution < 1.29 is 9.90 Å². The number of hydrogen-bond acceptors (Lipinski definition) is 3. The molecule has 0 amide bonds. The molecule has 2 rings (SSSR count). The molecule has 0 aliphatic carbocycles. The second-order valence-electron chi connectivity index (χ2n) is 4.25. The van der Waals surface area contributed by atoms with Crippen LogP contribution in [0.25, 0.3) is 0 Å². The Balaban J connectivity index is 2.25. The molecule has 0 radical (unpaired) electrons. The number of benzene rings is 1. The van der Waals surface area contributed by atoms with Crippen LogP contribution in [-0.4, -0.2) is 11.1 Å². The molecule has 0 bridgehead atoms. The van der Waals surface area contributed by atoms with Gasteiger partial charge in [0.05, 0.1) is 9.77 Å². The predicted octanol–water partition coefficient (Wildman–Crippen LogP) is 4.72. The molecule has 2 nitrogen and oxygen atoms in total. The van der Waals surface area contributed by atoms with Gasteiger partial charge in [-0.15, -0.1) is 11.3 Å². The first-order valence-electron chi connectivity index (χ1n) is 5.66. The van der Waals surface area contributed by atoms with Crippen molar-refractivity contribution in [2.45, 2.75) is 28.9 Å². The molecule has 0 spiro atoms. The Kier molecular flexibility index (Phi) is 4.09. The molecule has 0 atom stereocenters. The molecule has 0 saturated carbocycles. The van der Waals surface area contributed by atoms with E-state index in [2.05, 4.69) is 26.0 Å². The van der Waals surface area contributed by atoms with Crippen molar-refractivity contribution >= 4 is 29.1 Å². The highest BCUT2D eigenvalue weighted by Gasteiger charge is 2.11. The average Bonchev–Trinajstić information content (AvgIpc) is 2.78. The Labute approximate surface area is 115 Å². The van der Waals surface area contributed by atoms with Crippen LogP contribution < -0.4 is 0 Å². The number of thiophene rings is 1. The van der Waals surface area contributed by atoms with E-state index in [9.17, 15) is 4.79 Å². The van der Waals surface area contributed by atoms with Gasteiger partial charge in [-0.1, -0.05) is 43.8 Å². The first-order valence-corrected chi connectivity index (χ1v) is 7.36. The fourth-order valence-electron chi connectivity index (χ4n) is 1.64. The monoisotopic (exact) mass is 278 g/mol. The highest BCUT2D eigenvalue weighted by Crippen LogP contribution is 2.37. The van der Waals surface area contributed by atoms with Gasteiger partial charge < -0.3 is 5.11 Å². The first kappa shape index (κ1) is 13.2. The van der Waals surface area contributed by atoms with Gasteiger partial charge in [0.1, 0.15) is 0 Å². The average molecular weight is 278 g/mol. The molecular formula is C14H14O2S2. The van der Waals surface area contributed by atoms with E-state index in [4.69, 9.17) is 5.11 Å². The van der Waals surface area contributed by atoms with E-state index in [1.165, 1.54) is 21.8 Å². The molecule has 0 unspecified atom stereocenters.